The highest BCUT2D eigenvalue weighted by Crippen LogP contribution is 2.43. The molecule has 0 saturated heterocycles. The molecule has 0 amide bonds. The predicted molar refractivity (Wildman–Crippen MR) is 241 cm³/mol. The molecular weight excluding hydrogens is 709 g/mol. The number of rotatable bonds is 7. The SMILES string of the molecule is c1ccc(C2=NC(c3ccccc3)NC(c3cccc4oc5cc(-c6cccc(N(c7ccccc7)c7ccc8ccccc8c7)c6)c6ccccc6c5c34)=N2)cc1. The van der Waals surface area contributed by atoms with Crippen LogP contribution in [-0.2, 0) is 0 Å². The number of amidine groups is 2. The number of aliphatic imine (C=N–C) groups is 2. The van der Waals surface area contributed by atoms with Crippen molar-refractivity contribution in [2.45, 2.75) is 6.17 Å². The zero-order chi connectivity index (χ0) is 38.4. The van der Waals surface area contributed by atoms with E-state index in [1.807, 2.05) is 42.5 Å². The van der Waals surface area contributed by atoms with Crippen LogP contribution in [0.3, 0.4) is 0 Å². The van der Waals surface area contributed by atoms with Crippen molar-refractivity contribution in [3.8, 4) is 11.1 Å². The van der Waals surface area contributed by atoms with Gasteiger partial charge in [0.15, 0.2) is 5.84 Å². The Morgan fingerprint density at radius 1 is 0.448 bits per heavy atom. The second kappa shape index (κ2) is 14.1. The van der Waals surface area contributed by atoms with E-state index < -0.39 is 0 Å². The van der Waals surface area contributed by atoms with Gasteiger partial charge in [-0.25, -0.2) is 9.98 Å². The van der Waals surface area contributed by atoms with E-state index in [0.29, 0.717) is 5.84 Å². The molecule has 1 atom stereocenters. The maximum atomic E-state index is 6.81. The van der Waals surface area contributed by atoms with Crippen molar-refractivity contribution in [2.24, 2.45) is 9.98 Å². The van der Waals surface area contributed by atoms with Crippen molar-refractivity contribution in [3.05, 3.63) is 223 Å². The molecule has 2 heterocycles. The molecule has 0 radical (unpaired) electrons. The van der Waals surface area contributed by atoms with Crippen LogP contribution in [0.1, 0.15) is 22.9 Å². The molecule has 1 N–H and O–H groups in total. The van der Waals surface area contributed by atoms with Crippen molar-refractivity contribution in [2.75, 3.05) is 4.90 Å². The fourth-order valence-corrected chi connectivity index (χ4v) is 8.38. The summed E-state index contributed by atoms with van der Waals surface area (Å²) in [5.41, 5.74) is 10.1. The fourth-order valence-electron chi connectivity index (χ4n) is 8.38. The Hall–Kier alpha value is -7.76. The minimum atomic E-state index is -0.307. The average Bonchev–Trinajstić information content (AvgIpc) is 3.69. The van der Waals surface area contributed by atoms with Gasteiger partial charge in [0.05, 0.1) is 0 Å². The lowest BCUT2D eigenvalue weighted by molar-refractivity contribution is 0.668. The Balaban J connectivity index is 1.07. The van der Waals surface area contributed by atoms with E-state index >= 15 is 0 Å². The Kier molecular flexibility index (Phi) is 8.14. The van der Waals surface area contributed by atoms with E-state index in [4.69, 9.17) is 14.4 Å². The Labute approximate surface area is 335 Å². The molecule has 10 aromatic rings. The van der Waals surface area contributed by atoms with E-state index in [0.717, 1.165) is 83.4 Å². The van der Waals surface area contributed by atoms with Gasteiger partial charge in [0.1, 0.15) is 23.2 Å². The van der Waals surface area contributed by atoms with Crippen LogP contribution in [0.25, 0.3) is 54.6 Å². The molecule has 1 aliphatic heterocycles. The minimum absolute atomic E-state index is 0.307. The van der Waals surface area contributed by atoms with E-state index in [-0.39, 0.29) is 6.17 Å². The quantitative estimate of drug-likeness (QED) is 0.177. The molecule has 11 rings (SSSR count). The molecule has 9 aromatic carbocycles. The van der Waals surface area contributed by atoms with Gasteiger partial charge in [-0.15, -0.1) is 0 Å². The molecule has 1 aliphatic rings. The first kappa shape index (κ1) is 33.6. The zero-order valence-electron chi connectivity index (χ0n) is 31.5. The summed E-state index contributed by atoms with van der Waals surface area (Å²) in [6, 6.07) is 72.2. The Bertz CT molecular complexity index is 3210. The van der Waals surface area contributed by atoms with Crippen molar-refractivity contribution in [1.82, 2.24) is 5.32 Å². The first-order valence-corrected chi connectivity index (χ1v) is 19.6. The molecular formula is C53H36N4O. The fraction of sp³-hybridized carbons (Fsp3) is 0.0189. The molecule has 1 aromatic heterocycles. The van der Waals surface area contributed by atoms with Crippen LogP contribution in [-0.4, -0.2) is 11.7 Å². The Morgan fingerprint density at radius 2 is 1.10 bits per heavy atom. The highest BCUT2D eigenvalue weighted by atomic mass is 16.3. The third-order valence-electron chi connectivity index (χ3n) is 11.1. The largest absolute Gasteiger partial charge is 0.456 e. The van der Waals surface area contributed by atoms with Crippen LogP contribution < -0.4 is 10.2 Å². The summed E-state index contributed by atoms with van der Waals surface area (Å²) in [5.74, 6) is 1.44. The van der Waals surface area contributed by atoms with E-state index in [1.165, 1.54) is 10.8 Å². The van der Waals surface area contributed by atoms with Crippen LogP contribution in [0, 0.1) is 0 Å². The normalized spacial score (nSPS) is 14.0. The summed E-state index contributed by atoms with van der Waals surface area (Å²) >= 11 is 0. The highest BCUT2D eigenvalue weighted by Gasteiger charge is 2.25. The van der Waals surface area contributed by atoms with E-state index in [9.17, 15) is 0 Å². The van der Waals surface area contributed by atoms with Gasteiger partial charge in [-0.2, -0.15) is 0 Å². The average molecular weight is 745 g/mol. The first-order valence-electron chi connectivity index (χ1n) is 19.6. The molecule has 0 bridgehead atoms. The lowest BCUT2D eigenvalue weighted by Gasteiger charge is -2.26. The molecule has 0 spiro atoms. The number of para-hydroxylation sites is 1. The molecule has 1 unspecified atom stereocenters. The van der Waals surface area contributed by atoms with Gasteiger partial charge in [0, 0.05) is 39.0 Å². The van der Waals surface area contributed by atoms with Crippen LogP contribution in [0.5, 0.6) is 0 Å². The van der Waals surface area contributed by atoms with Crippen molar-refractivity contribution in [3.63, 3.8) is 0 Å². The topological polar surface area (TPSA) is 53.1 Å². The van der Waals surface area contributed by atoms with Crippen LogP contribution in [0.2, 0.25) is 0 Å². The van der Waals surface area contributed by atoms with Gasteiger partial charge in [0.2, 0.25) is 0 Å². The van der Waals surface area contributed by atoms with Gasteiger partial charge >= 0.3 is 0 Å². The predicted octanol–water partition coefficient (Wildman–Crippen LogP) is 13.5. The van der Waals surface area contributed by atoms with Gasteiger partial charge in [-0.05, 0) is 86.8 Å². The highest BCUT2D eigenvalue weighted by molar-refractivity contribution is 6.28. The summed E-state index contributed by atoms with van der Waals surface area (Å²) in [6.45, 7) is 0. The number of hydrogen-bond acceptors (Lipinski definition) is 5. The number of nitrogens with zero attached hydrogens (tertiary/aromatic N) is 3. The smallest absolute Gasteiger partial charge is 0.159 e. The molecule has 274 valence electrons. The van der Waals surface area contributed by atoms with Crippen molar-refractivity contribution >= 4 is 72.2 Å². The number of anilines is 3. The summed E-state index contributed by atoms with van der Waals surface area (Å²) in [6.07, 6.45) is -0.307. The van der Waals surface area contributed by atoms with Crippen molar-refractivity contribution in [1.29, 1.82) is 0 Å². The lowest BCUT2D eigenvalue weighted by Crippen LogP contribution is -2.33. The molecule has 0 saturated carbocycles. The third-order valence-corrected chi connectivity index (χ3v) is 11.1. The first-order chi connectivity index (χ1) is 28.7. The van der Waals surface area contributed by atoms with Crippen LogP contribution >= 0.6 is 0 Å². The molecule has 0 fully saturated rings. The summed E-state index contributed by atoms with van der Waals surface area (Å²) in [7, 11) is 0. The van der Waals surface area contributed by atoms with E-state index in [1.54, 1.807) is 0 Å². The van der Waals surface area contributed by atoms with E-state index in [2.05, 4.69) is 174 Å². The standard InChI is InChI=1S/C53H36N4O/c1-4-17-36(18-5-1)51-54-52(37-19-6-2-7-20-37)56-53(55-51)45-28-15-29-47-50(45)49-44-27-13-12-26-43(44)46(34-48(49)58-47)39-22-14-25-41(33-39)57(40-23-8-3-9-24-40)42-31-30-35-16-10-11-21-38(35)32-42/h1-34,51H,(H,54,55,56). The maximum absolute atomic E-state index is 6.81. The molecule has 5 nitrogen and oxygen atoms in total. The maximum Gasteiger partial charge on any atom is 0.159 e. The van der Waals surface area contributed by atoms with Gasteiger partial charge < -0.3 is 14.6 Å². The van der Waals surface area contributed by atoms with Crippen molar-refractivity contribution < 1.29 is 4.42 Å². The number of hydrogen-bond donors (Lipinski definition) is 1. The minimum Gasteiger partial charge on any atom is -0.456 e. The van der Waals surface area contributed by atoms with Crippen LogP contribution in [0.4, 0.5) is 17.1 Å². The van der Waals surface area contributed by atoms with Crippen LogP contribution in [0.15, 0.2) is 221 Å². The number of furan rings is 1. The van der Waals surface area contributed by atoms with Gasteiger partial charge in [-0.1, -0.05) is 158 Å². The summed E-state index contributed by atoms with van der Waals surface area (Å²) in [4.78, 5) is 12.6. The molecule has 5 heteroatoms. The summed E-state index contributed by atoms with van der Waals surface area (Å²) < 4.78 is 6.81. The lowest BCUT2D eigenvalue weighted by atomic mass is 9.93. The number of fused-ring (bicyclic) bond motifs is 6. The zero-order valence-corrected chi connectivity index (χ0v) is 31.5. The third kappa shape index (κ3) is 5.89. The second-order valence-electron chi connectivity index (χ2n) is 14.6. The second-order valence-corrected chi connectivity index (χ2v) is 14.6. The Morgan fingerprint density at radius 3 is 1.93 bits per heavy atom. The number of nitrogens with one attached hydrogen (secondary N) is 1. The monoisotopic (exact) mass is 744 g/mol. The van der Waals surface area contributed by atoms with Gasteiger partial charge in [-0.3, -0.25) is 0 Å². The molecule has 58 heavy (non-hydrogen) atoms. The summed E-state index contributed by atoms with van der Waals surface area (Å²) in [5, 5.41) is 10.5. The number of benzene rings is 9. The van der Waals surface area contributed by atoms with Gasteiger partial charge in [0.25, 0.3) is 0 Å². The molecule has 0 aliphatic carbocycles.